The van der Waals surface area contributed by atoms with Crippen molar-refractivity contribution < 1.29 is 13.2 Å². The van der Waals surface area contributed by atoms with Gasteiger partial charge in [0, 0.05) is 44.1 Å². The number of nitrogens with one attached hydrogen (secondary N) is 1. The number of hydrogen-bond acceptors (Lipinski definition) is 5. The lowest BCUT2D eigenvalue weighted by Crippen LogP contribution is -2.42. The molecular weight excluding hydrogens is 374 g/mol. The van der Waals surface area contributed by atoms with Crippen molar-refractivity contribution in [2.75, 3.05) is 39.3 Å². The number of piperidine rings is 1. The molecule has 0 radical (unpaired) electrons. The Morgan fingerprint density at radius 1 is 1.14 bits per heavy atom. The Morgan fingerprint density at radius 2 is 1.89 bits per heavy atom. The minimum atomic E-state index is -3.09. The van der Waals surface area contributed by atoms with Crippen LogP contribution >= 0.6 is 0 Å². The van der Waals surface area contributed by atoms with Gasteiger partial charge >= 0.3 is 0 Å². The van der Waals surface area contributed by atoms with E-state index in [2.05, 4.69) is 28.4 Å². The maximum Gasteiger partial charge on any atom is 0.214 e. The van der Waals surface area contributed by atoms with Gasteiger partial charge in [0.1, 0.15) is 0 Å². The Labute approximate surface area is 170 Å². The smallest absolute Gasteiger partial charge is 0.214 e. The Kier molecular flexibility index (Phi) is 5.07. The summed E-state index contributed by atoms with van der Waals surface area (Å²) in [5.74, 6) is 1.66. The largest absolute Gasteiger partial charge is 0.370 e. The Balaban J connectivity index is 1.17. The minimum Gasteiger partial charge on any atom is -0.370 e. The van der Waals surface area contributed by atoms with E-state index in [4.69, 9.17) is 4.74 Å². The molecule has 1 aliphatic carbocycles. The van der Waals surface area contributed by atoms with Crippen LogP contribution in [0.25, 0.3) is 0 Å². The minimum absolute atomic E-state index is 0.0129. The molecule has 4 aliphatic heterocycles. The van der Waals surface area contributed by atoms with E-state index in [-0.39, 0.29) is 17.0 Å². The lowest BCUT2D eigenvalue weighted by molar-refractivity contribution is 0.000604. The monoisotopic (exact) mass is 411 g/mol. The summed E-state index contributed by atoms with van der Waals surface area (Å²) in [6.45, 7) is 11.0. The van der Waals surface area contributed by atoms with Crippen LogP contribution in [0.3, 0.4) is 0 Å². The molecule has 1 saturated carbocycles. The van der Waals surface area contributed by atoms with Crippen molar-refractivity contribution in [2.45, 2.75) is 75.4 Å². The second kappa shape index (κ2) is 7.19. The normalized spacial score (nSPS) is 39.9. The molecule has 1 N–H and O–H groups in total. The van der Waals surface area contributed by atoms with Gasteiger partial charge in [-0.2, -0.15) is 0 Å². The number of nitrogens with zero attached hydrogens (tertiary/aromatic N) is 2. The molecule has 0 aromatic heterocycles. The predicted octanol–water partition coefficient (Wildman–Crippen LogP) is 1.67. The third-order valence-electron chi connectivity index (χ3n) is 8.23. The summed E-state index contributed by atoms with van der Waals surface area (Å²) in [4.78, 5) is 5.24. The first kappa shape index (κ1) is 19.7. The molecule has 5 rings (SSSR count). The van der Waals surface area contributed by atoms with Crippen LogP contribution < -0.4 is 4.72 Å². The van der Waals surface area contributed by atoms with Crippen molar-refractivity contribution in [3.63, 3.8) is 0 Å². The van der Waals surface area contributed by atoms with Crippen molar-refractivity contribution in [1.82, 2.24) is 14.5 Å². The first-order valence-electron chi connectivity index (χ1n) is 11.5. The van der Waals surface area contributed by atoms with E-state index in [9.17, 15) is 8.42 Å². The van der Waals surface area contributed by atoms with Gasteiger partial charge in [0.05, 0.1) is 17.0 Å². The molecule has 4 heterocycles. The second-order valence-electron chi connectivity index (χ2n) is 10.4. The van der Waals surface area contributed by atoms with E-state index in [0.717, 1.165) is 44.7 Å². The summed E-state index contributed by atoms with van der Waals surface area (Å²) >= 11 is 0. The van der Waals surface area contributed by atoms with Gasteiger partial charge < -0.3 is 9.64 Å². The third kappa shape index (κ3) is 3.55. The van der Waals surface area contributed by atoms with Crippen LogP contribution in [0, 0.1) is 17.8 Å². The highest BCUT2D eigenvalue weighted by Crippen LogP contribution is 2.54. The molecule has 0 aromatic carbocycles. The Hall–Kier alpha value is -0.210. The molecule has 6 nitrogen and oxygen atoms in total. The molecule has 4 saturated heterocycles. The topological polar surface area (TPSA) is 61.9 Å². The first-order chi connectivity index (χ1) is 13.4. The van der Waals surface area contributed by atoms with Gasteiger partial charge in [-0.15, -0.1) is 0 Å². The quantitative estimate of drug-likeness (QED) is 0.691. The third-order valence-corrected chi connectivity index (χ3v) is 10.2. The average Bonchev–Trinajstić information content (AvgIpc) is 3.28. The van der Waals surface area contributed by atoms with Gasteiger partial charge in [-0.1, -0.05) is 0 Å². The zero-order valence-corrected chi connectivity index (χ0v) is 18.3. The van der Waals surface area contributed by atoms with E-state index in [1.807, 2.05) is 0 Å². The number of likely N-dealkylation sites (tertiary alicyclic amines) is 2. The van der Waals surface area contributed by atoms with E-state index in [1.165, 1.54) is 32.5 Å². The van der Waals surface area contributed by atoms with Crippen LogP contribution in [-0.2, 0) is 14.8 Å². The summed E-state index contributed by atoms with van der Waals surface area (Å²) in [5.41, 5.74) is 0.0129. The second-order valence-corrected chi connectivity index (χ2v) is 12.4. The van der Waals surface area contributed by atoms with Crippen LogP contribution in [-0.4, -0.2) is 80.5 Å². The molecule has 1 spiro atoms. The molecule has 7 heteroatoms. The first-order valence-corrected chi connectivity index (χ1v) is 13.0. The van der Waals surface area contributed by atoms with Crippen LogP contribution in [0.5, 0.6) is 0 Å². The Bertz CT molecular complexity index is 687. The zero-order chi connectivity index (χ0) is 19.5. The molecule has 5 aliphatic rings. The summed E-state index contributed by atoms with van der Waals surface area (Å²) in [6, 6.07) is 0.662. The highest BCUT2D eigenvalue weighted by molar-refractivity contribution is 7.90. The Morgan fingerprint density at radius 3 is 2.57 bits per heavy atom. The molecule has 0 aromatic rings. The van der Waals surface area contributed by atoms with Crippen molar-refractivity contribution in [1.29, 1.82) is 0 Å². The summed E-state index contributed by atoms with van der Waals surface area (Å²) in [7, 11) is -3.09. The van der Waals surface area contributed by atoms with Gasteiger partial charge in [0.2, 0.25) is 10.0 Å². The fraction of sp³-hybridized carbons (Fsp3) is 1.00. The van der Waals surface area contributed by atoms with Crippen molar-refractivity contribution in [2.24, 2.45) is 17.8 Å². The molecule has 28 heavy (non-hydrogen) atoms. The number of ether oxygens (including phenoxy) is 1. The van der Waals surface area contributed by atoms with E-state index < -0.39 is 10.0 Å². The van der Waals surface area contributed by atoms with Crippen LogP contribution in [0.4, 0.5) is 0 Å². The standard InChI is InChI=1S/C21H37N3O3S/c1-15(2)24-9-6-16(7-10-24)12-23-13-19-18(11-22-28(25,26)17-3-4-17)20-5-8-21(19,14-23)27-20/h15-20,22H,3-14H2,1-2H3/t18-,19+,20+,21+/m0/s1. The molecule has 5 fully saturated rings. The van der Waals surface area contributed by atoms with Crippen LogP contribution in [0.1, 0.15) is 52.4 Å². The predicted molar refractivity (Wildman–Crippen MR) is 110 cm³/mol. The number of hydrogen-bond donors (Lipinski definition) is 1. The van der Waals surface area contributed by atoms with Gasteiger partial charge in [-0.3, -0.25) is 4.90 Å². The molecule has 0 amide bonds. The maximum atomic E-state index is 12.3. The van der Waals surface area contributed by atoms with E-state index in [0.29, 0.717) is 24.4 Å². The van der Waals surface area contributed by atoms with Gasteiger partial charge in [0.25, 0.3) is 0 Å². The molecule has 160 valence electrons. The highest BCUT2D eigenvalue weighted by Gasteiger charge is 2.62. The van der Waals surface area contributed by atoms with Crippen LogP contribution in [0.2, 0.25) is 0 Å². The van der Waals surface area contributed by atoms with E-state index >= 15 is 0 Å². The van der Waals surface area contributed by atoms with Crippen molar-refractivity contribution >= 4 is 10.0 Å². The molecule has 4 atom stereocenters. The van der Waals surface area contributed by atoms with Gasteiger partial charge in [-0.25, -0.2) is 13.1 Å². The van der Waals surface area contributed by atoms with Crippen molar-refractivity contribution in [3.05, 3.63) is 0 Å². The van der Waals surface area contributed by atoms with Crippen LogP contribution in [0.15, 0.2) is 0 Å². The SMILES string of the molecule is CC(C)N1CCC(CN2C[C@@H]3[C@H](CNS(=O)(=O)C4CC4)[C@H]4CC[C@]3(C2)O4)CC1. The summed E-state index contributed by atoms with van der Waals surface area (Å²) in [6.07, 6.45) is 6.81. The number of rotatable bonds is 7. The van der Waals surface area contributed by atoms with Gasteiger partial charge in [-0.05, 0) is 71.4 Å². The maximum absolute atomic E-state index is 12.3. The number of sulfonamides is 1. The van der Waals surface area contributed by atoms with E-state index in [1.54, 1.807) is 0 Å². The van der Waals surface area contributed by atoms with Gasteiger partial charge in [0.15, 0.2) is 0 Å². The van der Waals surface area contributed by atoms with Crippen molar-refractivity contribution in [3.8, 4) is 0 Å². The zero-order valence-electron chi connectivity index (χ0n) is 17.5. The summed E-state index contributed by atoms with van der Waals surface area (Å²) in [5, 5.41) is -0.127. The average molecular weight is 412 g/mol. The lowest BCUT2D eigenvalue weighted by Gasteiger charge is -2.36. The fourth-order valence-electron chi connectivity index (χ4n) is 6.42. The highest BCUT2D eigenvalue weighted by atomic mass is 32.2. The molecule has 2 bridgehead atoms. The lowest BCUT2D eigenvalue weighted by atomic mass is 9.74. The number of fused-ring (bicyclic) bond motifs is 1. The fourth-order valence-corrected chi connectivity index (χ4v) is 7.84. The molecular formula is C21H37N3O3S. The molecule has 0 unspecified atom stereocenters. The summed E-state index contributed by atoms with van der Waals surface area (Å²) < 4.78 is 34.0.